The minimum absolute atomic E-state index is 0.771. The summed E-state index contributed by atoms with van der Waals surface area (Å²) in [4.78, 5) is 5.91. The molecule has 0 N–H and O–H groups in total. The third-order valence-electron chi connectivity index (χ3n) is 3.90. The van der Waals surface area contributed by atoms with Crippen LogP contribution < -0.4 is 0 Å². The van der Waals surface area contributed by atoms with E-state index in [1.165, 1.54) is 48.3 Å². The van der Waals surface area contributed by atoms with Gasteiger partial charge in [0.2, 0.25) is 0 Å². The van der Waals surface area contributed by atoms with Gasteiger partial charge in [-0.2, -0.15) is 0 Å². The Hall–Kier alpha value is -1.22. The number of ether oxygens (including phenoxy) is 1. The summed E-state index contributed by atoms with van der Waals surface area (Å²) in [5.74, 6) is 1.22. The number of pyridine rings is 1. The number of aromatic nitrogens is 1. The third kappa shape index (κ3) is 2.93. The van der Waals surface area contributed by atoms with Crippen LogP contribution in [0.25, 0.3) is 0 Å². The van der Waals surface area contributed by atoms with Gasteiger partial charge in [-0.05, 0) is 55.9 Å². The quantitative estimate of drug-likeness (QED) is 0.770. The molecule has 1 saturated carbocycles. The number of hydrogen-bond acceptors (Lipinski definition) is 3. The molecule has 1 fully saturated rings. The van der Waals surface area contributed by atoms with E-state index in [9.17, 15) is 0 Å². The van der Waals surface area contributed by atoms with Gasteiger partial charge in [-0.1, -0.05) is 24.2 Å². The summed E-state index contributed by atoms with van der Waals surface area (Å²) in [7, 11) is 0. The van der Waals surface area contributed by atoms with Crippen LogP contribution in [0.4, 0.5) is 0 Å². The molecule has 2 nitrogen and oxygen atoms in total. The van der Waals surface area contributed by atoms with E-state index in [0.29, 0.717) is 0 Å². The molecule has 3 heteroatoms. The highest BCUT2D eigenvalue weighted by Crippen LogP contribution is 2.46. The van der Waals surface area contributed by atoms with Crippen molar-refractivity contribution in [2.45, 2.75) is 50.5 Å². The molecule has 3 rings (SSSR count). The molecule has 20 heavy (non-hydrogen) atoms. The van der Waals surface area contributed by atoms with E-state index in [1.807, 2.05) is 24.0 Å². The van der Waals surface area contributed by atoms with Crippen molar-refractivity contribution in [1.82, 2.24) is 4.98 Å². The van der Waals surface area contributed by atoms with E-state index in [1.54, 1.807) is 5.57 Å². The Morgan fingerprint density at radius 3 is 2.75 bits per heavy atom. The lowest BCUT2D eigenvalue weighted by molar-refractivity contribution is 0.222. The number of thioether (sulfide) groups is 1. The largest absolute Gasteiger partial charge is 0.498 e. The smallest absolute Gasteiger partial charge is 0.104 e. The van der Waals surface area contributed by atoms with Crippen LogP contribution in [0.15, 0.2) is 51.2 Å². The first-order valence-corrected chi connectivity index (χ1v) is 8.36. The molecule has 0 aliphatic heterocycles. The molecule has 0 unspecified atom stereocenters. The van der Waals surface area contributed by atoms with E-state index < -0.39 is 0 Å². The van der Waals surface area contributed by atoms with Gasteiger partial charge in [-0.3, -0.25) is 0 Å². The third-order valence-corrected chi connectivity index (χ3v) is 4.98. The summed E-state index contributed by atoms with van der Waals surface area (Å²) in [5.41, 5.74) is 3.06. The van der Waals surface area contributed by atoms with Crippen LogP contribution in [0.2, 0.25) is 0 Å². The molecular weight excluding hydrogens is 266 g/mol. The molecule has 1 heterocycles. The van der Waals surface area contributed by atoms with Gasteiger partial charge in [0.25, 0.3) is 0 Å². The van der Waals surface area contributed by atoms with E-state index in [0.717, 1.165) is 18.1 Å². The summed E-state index contributed by atoms with van der Waals surface area (Å²) < 4.78 is 5.90. The van der Waals surface area contributed by atoms with Crippen molar-refractivity contribution in [3.63, 3.8) is 0 Å². The minimum Gasteiger partial charge on any atom is -0.498 e. The Balaban J connectivity index is 1.85. The van der Waals surface area contributed by atoms with Crippen LogP contribution in [0.3, 0.4) is 0 Å². The maximum Gasteiger partial charge on any atom is 0.104 e. The molecule has 0 atom stereocenters. The Kier molecular flexibility index (Phi) is 4.46. The highest BCUT2D eigenvalue weighted by Gasteiger charge is 2.27. The fourth-order valence-electron chi connectivity index (χ4n) is 3.00. The number of hydrogen-bond donors (Lipinski definition) is 0. The second-order valence-corrected chi connectivity index (χ2v) is 6.36. The van der Waals surface area contributed by atoms with E-state index >= 15 is 0 Å². The van der Waals surface area contributed by atoms with E-state index in [4.69, 9.17) is 4.74 Å². The van der Waals surface area contributed by atoms with Crippen molar-refractivity contribution in [1.29, 1.82) is 0 Å². The highest BCUT2D eigenvalue weighted by atomic mass is 32.2. The van der Waals surface area contributed by atoms with Gasteiger partial charge in [0.1, 0.15) is 10.8 Å². The van der Waals surface area contributed by atoms with Crippen LogP contribution in [0.5, 0.6) is 0 Å². The summed E-state index contributed by atoms with van der Waals surface area (Å²) in [6, 6.07) is 6.12. The Labute approximate surface area is 125 Å². The molecule has 106 valence electrons. The summed E-state index contributed by atoms with van der Waals surface area (Å²) in [6.07, 6.45) is 9.20. The highest BCUT2D eigenvalue weighted by molar-refractivity contribution is 8.03. The number of allylic oxidation sites excluding steroid dienone is 3. The molecule has 2 aliphatic rings. The maximum atomic E-state index is 5.90. The first-order chi connectivity index (χ1) is 9.88. The summed E-state index contributed by atoms with van der Waals surface area (Å²) in [6.45, 7) is 2.85. The first-order valence-electron chi connectivity index (χ1n) is 7.54. The van der Waals surface area contributed by atoms with Gasteiger partial charge in [-0.15, -0.1) is 0 Å². The van der Waals surface area contributed by atoms with Gasteiger partial charge in [0.05, 0.1) is 6.61 Å². The molecule has 0 spiro atoms. The molecule has 0 amide bonds. The maximum absolute atomic E-state index is 5.90. The molecular formula is C17H21NOS. The lowest BCUT2D eigenvalue weighted by atomic mass is 10.1. The lowest BCUT2D eigenvalue weighted by Crippen LogP contribution is -1.93. The van der Waals surface area contributed by atoms with E-state index in [-0.39, 0.29) is 0 Å². The Morgan fingerprint density at radius 1 is 1.15 bits per heavy atom. The van der Waals surface area contributed by atoms with Crippen LogP contribution in [-0.4, -0.2) is 11.6 Å². The molecule has 0 bridgehead atoms. The normalized spacial score (nSPS) is 19.1. The molecule has 1 aromatic heterocycles. The average Bonchev–Trinajstić information content (AvgIpc) is 2.67. The van der Waals surface area contributed by atoms with Crippen LogP contribution in [-0.2, 0) is 4.74 Å². The molecule has 0 radical (unpaired) electrons. The minimum atomic E-state index is 0.771. The van der Waals surface area contributed by atoms with Gasteiger partial charge >= 0.3 is 0 Å². The monoisotopic (exact) mass is 287 g/mol. The van der Waals surface area contributed by atoms with Gasteiger partial charge in [0, 0.05) is 17.5 Å². The van der Waals surface area contributed by atoms with Gasteiger partial charge in [-0.25, -0.2) is 4.98 Å². The Bertz CT molecular complexity index is 533. The summed E-state index contributed by atoms with van der Waals surface area (Å²) in [5, 5.41) is 1.09. The van der Waals surface area contributed by atoms with Crippen molar-refractivity contribution in [3.8, 4) is 0 Å². The van der Waals surface area contributed by atoms with Gasteiger partial charge in [0.15, 0.2) is 0 Å². The predicted octanol–water partition coefficient (Wildman–Crippen LogP) is 5.09. The van der Waals surface area contributed by atoms with Crippen LogP contribution in [0.1, 0.15) is 45.4 Å². The Morgan fingerprint density at radius 2 is 2.00 bits per heavy atom. The molecule has 0 saturated heterocycles. The average molecular weight is 287 g/mol. The topological polar surface area (TPSA) is 22.1 Å². The number of rotatable bonds is 4. The van der Waals surface area contributed by atoms with Crippen molar-refractivity contribution in [3.05, 3.63) is 46.2 Å². The van der Waals surface area contributed by atoms with Crippen molar-refractivity contribution in [2.75, 3.05) is 6.61 Å². The van der Waals surface area contributed by atoms with E-state index in [2.05, 4.69) is 24.0 Å². The fraction of sp³-hybridized carbons (Fsp3) is 0.471. The van der Waals surface area contributed by atoms with Crippen molar-refractivity contribution >= 4 is 11.8 Å². The van der Waals surface area contributed by atoms with Gasteiger partial charge < -0.3 is 4.74 Å². The second-order valence-electron chi connectivity index (χ2n) is 5.24. The zero-order valence-corrected chi connectivity index (χ0v) is 12.8. The van der Waals surface area contributed by atoms with Crippen molar-refractivity contribution < 1.29 is 4.74 Å². The molecule has 2 aliphatic carbocycles. The zero-order valence-electron chi connectivity index (χ0n) is 12.0. The lowest BCUT2D eigenvalue weighted by Gasteiger charge is -2.08. The van der Waals surface area contributed by atoms with Crippen molar-refractivity contribution in [2.24, 2.45) is 0 Å². The SMILES string of the molecule is CCOC1=C2CCCCCC2=C(Sc2ccccn2)C1. The number of fused-ring (bicyclic) bond motifs is 1. The van der Waals surface area contributed by atoms with Crippen LogP contribution >= 0.6 is 11.8 Å². The van der Waals surface area contributed by atoms with Crippen LogP contribution in [0, 0.1) is 0 Å². The predicted molar refractivity (Wildman–Crippen MR) is 83.5 cm³/mol. The zero-order chi connectivity index (χ0) is 13.8. The standard InChI is InChI=1S/C17H21NOS/c1-2-19-15-12-16(20-17-10-6-7-11-18-17)14-9-5-3-4-8-13(14)15/h6-7,10-11H,2-5,8-9,12H2,1H3. The number of nitrogens with zero attached hydrogens (tertiary/aromatic N) is 1. The first kappa shape index (κ1) is 13.7. The summed E-state index contributed by atoms with van der Waals surface area (Å²) >= 11 is 1.82. The second kappa shape index (κ2) is 6.49. The fourth-order valence-corrected chi connectivity index (χ4v) is 4.06. The molecule has 0 aromatic carbocycles. The molecule has 1 aromatic rings.